The van der Waals surface area contributed by atoms with Crippen LogP contribution in [0.3, 0.4) is 0 Å². The zero-order valence-corrected chi connectivity index (χ0v) is 15.4. The Balaban J connectivity index is 1.32. The molecular weight excluding hydrogens is 338 g/mol. The molecule has 0 spiro atoms. The molecule has 0 radical (unpaired) electrons. The number of benzene rings is 1. The normalized spacial score (nSPS) is 24.2. The molecule has 1 amide bonds. The quantitative estimate of drug-likeness (QED) is 0.788. The lowest BCUT2D eigenvalue weighted by atomic mass is 10.1. The zero-order chi connectivity index (χ0) is 17.7. The van der Waals surface area contributed by atoms with E-state index in [4.69, 9.17) is 0 Å². The minimum atomic E-state index is -2.99. The van der Waals surface area contributed by atoms with E-state index in [0.717, 1.165) is 39.3 Å². The first kappa shape index (κ1) is 18.4. The zero-order valence-electron chi connectivity index (χ0n) is 14.6. The molecule has 138 valence electrons. The largest absolute Gasteiger partial charge is 0.355 e. The van der Waals surface area contributed by atoms with Crippen molar-refractivity contribution < 1.29 is 13.2 Å². The SMILES string of the molecule is O=C(NCCN1CCN(Cc2ccccc2)CC1)C1CCS(=O)(=O)C1. The van der Waals surface area contributed by atoms with E-state index in [2.05, 4.69) is 39.4 Å². The van der Waals surface area contributed by atoms with Gasteiger partial charge in [0.1, 0.15) is 0 Å². The molecule has 1 aromatic carbocycles. The molecule has 1 unspecified atom stereocenters. The fraction of sp³-hybridized carbons (Fsp3) is 0.611. The number of carbonyl (C=O) groups is 1. The molecule has 2 aliphatic rings. The second-order valence-corrected chi connectivity index (χ2v) is 9.22. The highest BCUT2D eigenvalue weighted by molar-refractivity contribution is 7.91. The third kappa shape index (κ3) is 5.52. The second-order valence-electron chi connectivity index (χ2n) is 6.99. The van der Waals surface area contributed by atoms with Crippen molar-refractivity contribution in [3.63, 3.8) is 0 Å². The van der Waals surface area contributed by atoms with Crippen molar-refractivity contribution in [2.24, 2.45) is 5.92 Å². The molecule has 2 saturated heterocycles. The van der Waals surface area contributed by atoms with E-state index < -0.39 is 9.84 Å². The van der Waals surface area contributed by atoms with Gasteiger partial charge in [-0.2, -0.15) is 0 Å². The van der Waals surface area contributed by atoms with Crippen LogP contribution in [0, 0.1) is 5.92 Å². The number of nitrogens with one attached hydrogen (secondary N) is 1. The summed E-state index contributed by atoms with van der Waals surface area (Å²) in [4.78, 5) is 16.8. The van der Waals surface area contributed by atoms with E-state index in [0.29, 0.717) is 13.0 Å². The topological polar surface area (TPSA) is 69.7 Å². The molecule has 1 aromatic rings. The van der Waals surface area contributed by atoms with Crippen molar-refractivity contribution in [3.05, 3.63) is 35.9 Å². The maximum Gasteiger partial charge on any atom is 0.224 e. The van der Waals surface area contributed by atoms with Gasteiger partial charge in [-0.05, 0) is 12.0 Å². The molecule has 25 heavy (non-hydrogen) atoms. The first-order valence-electron chi connectivity index (χ1n) is 8.99. The van der Waals surface area contributed by atoms with Gasteiger partial charge in [-0.1, -0.05) is 30.3 Å². The first-order chi connectivity index (χ1) is 12.0. The molecule has 7 heteroatoms. The Morgan fingerprint density at radius 1 is 1.08 bits per heavy atom. The minimum Gasteiger partial charge on any atom is -0.355 e. The molecule has 2 aliphatic heterocycles. The van der Waals surface area contributed by atoms with Crippen molar-refractivity contribution in [1.82, 2.24) is 15.1 Å². The third-order valence-electron chi connectivity index (χ3n) is 5.04. The standard InChI is InChI=1S/C18H27N3O3S/c22-18(17-6-13-25(23,24)15-17)19-7-8-20-9-11-21(12-10-20)14-16-4-2-1-3-5-16/h1-5,17H,6-15H2,(H,19,22). The molecule has 6 nitrogen and oxygen atoms in total. The Kier molecular flexibility index (Phi) is 6.09. The van der Waals surface area contributed by atoms with Crippen LogP contribution in [0.5, 0.6) is 0 Å². The van der Waals surface area contributed by atoms with Crippen LogP contribution in [0.15, 0.2) is 30.3 Å². The van der Waals surface area contributed by atoms with Crippen LogP contribution < -0.4 is 5.32 Å². The van der Waals surface area contributed by atoms with Crippen LogP contribution in [0.2, 0.25) is 0 Å². The van der Waals surface area contributed by atoms with Gasteiger partial charge in [0.2, 0.25) is 5.91 Å². The fourth-order valence-electron chi connectivity index (χ4n) is 3.50. The predicted octanol–water partition coefficient (Wildman–Crippen LogP) is 0.355. The van der Waals surface area contributed by atoms with Crippen molar-refractivity contribution in [3.8, 4) is 0 Å². The van der Waals surface area contributed by atoms with E-state index in [1.54, 1.807) is 0 Å². The van der Waals surface area contributed by atoms with Gasteiger partial charge >= 0.3 is 0 Å². The molecule has 2 heterocycles. The number of sulfone groups is 1. The molecule has 2 fully saturated rings. The molecule has 0 bridgehead atoms. The number of hydrogen-bond acceptors (Lipinski definition) is 5. The summed E-state index contributed by atoms with van der Waals surface area (Å²) < 4.78 is 22.9. The third-order valence-corrected chi connectivity index (χ3v) is 6.81. The molecule has 1 atom stereocenters. The van der Waals surface area contributed by atoms with Crippen LogP contribution in [0.4, 0.5) is 0 Å². The summed E-state index contributed by atoms with van der Waals surface area (Å²) in [5.74, 6) is -0.303. The molecule has 3 rings (SSSR count). The summed E-state index contributed by atoms with van der Waals surface area (Å²) in [6.45, 7) is 6.47. The Labute approximate surface area is 150 Å². The second kappa shape index (κ2) is 8.29. The van der Waals surface area contributed by atoms with Crippen LogP contribution in [-0.4, -0.2) is 74.9 Å². The molecule has 1 N–H and O–H groups in total. The van der Waals surface area contributed by atoms with Crippen LogP contribution >= 0.6 is 0 Å². The van der Waals surface area contributed by atoms with E-state index in [9.17, 15) is 13.2 Å². The molecule has 0 saturated carbocycles. The highest BCUT2D eigenvalue weighted by Gasteiger charge is 2.32. The van der Waals surface area contributed by atoms with Gasteiger partial charge in [0.15, 0.2) is 9.84 Å². The molecule has 0 aliphatic carbocycles. The number of carbonyl (C=O) groups excluding carboxylic acids is 1. The van der Waals surface area contributed by atoms with E-state index in [1.165, 1.54) is 5.56 Å². The Morgan fingerprint density at radius 2 is 1.76 bits per heavy atom. The fourth-order valence-corrected chi connectivity index (χ4v) is 5.24. The van der Waals surface area contributed by atoms with E-state index in [1.807, 2.05) is 6.07 Å². The number of amides is 1. The molecule has 0 aromatic heterocycles. The lowest BCUT2D eigenvalue weighted by Crippen LogP contribution is -2.48. The Bertz CT molecular complexity index is 670. The van der Waals surface area contributed by atoms with Crippen molar-refractivity contribution >= 4 is 15.7 Å². The van der Waals surface area contributed by atoms with E-state index >= 15 is 0 Å². The van der Waals surface area contributed by atoms with Gasteiger partial charge in [0.25, 0.3) is 0 Å². The maximum absolute atomic E-state index is 12.0. The van der Waals surface area contributed by atoms with Crippen molar-refractivity contribution in [2.45, 2.75) is 13.0 Å². The van der Waals surface area contributed by atoms with Gasteiger partial charge in [0.05, 0.1) is 17.4 Å². The average Bonchev–Trinajstić information content (AvgIpc) is 2.97. The van der Waals surface area contributed by atoms with Gasteiger partial charge in [0, 0.05) is 45.8 Å². The summed E-state index contributed by atoms with van der Waals surface area (Å²) in [5.41, 5.74) is 1.34. The average molecular weight is 365 g/mol. The van der Waals surface area contributed by atoms with Crippen LogP contribution in [0.25, 0.3) is 0 Å². The lowest BCUT2D eigenvalue weighted by molar-refractivity contribution is -0.124. The number of rotatable bonds is 6. The smallest absolute Gasteiger partial charge is 0.224 e. The summed E-state index contributed by atoms with van der Waals surface area (Å²) >= 11 is 0. The summed E-state index contributed by atoms with van der Waals surface area (Å²) in [6.07, 6.45) is 0.465. The highest BCUT2D eigenvalue weighted by Crippen LogP contribution is 2.18. The summed E-state index contributed by atoms with van der Waals surface area (Å²) in [7, 11) is -2.99. The highest BCUT2D eigenvalue weighted by atomic mass is 32.2. The minimum absolute atomic E-state index is 0.0109. The van der Waals surface area contributed by atoms with Gasteiger partial charge in [-0.15, -0.1) is 0 Å². The number of piperazine rings is 1. The van der Waals surface area contributed by atoms with Crippen LogP contribution in [0.1, 0.15) is 12.0 Å². The summed E-state index contributed by atoms with van der Waals surface area (Å²) in [6, 6.07) is 10.5. The number of hydrogen-bond donors (Lipinski definition) is 1. The number of nitrogens with zero attached hydrogens (tertiary/aromatic N) is 2. The van der Waals surface area contributed by atoms with Gasteiger partial charge in [-0.3, -0.25) is 14.6 Å². The Hall–Kier alpha value is -1.44. The van der Waals surface area contributed by atoms with Gasteiger partial charge in [-0.25, -0.2) is 8.42 Å². The van der Waals surface area contributed by atoms with Crippen molar-refractivity contribution in [2.75, 3.05) is 50.8 Å². The summed E-state index contributed by atoms with van der Waals surface area (Å²) in [5, 5.41) is 2.90. The predicted molar refractivity (Wildman–Crippen MR) is 97.9 cm³/mol. The van der Waals surface area contributed by atoms with Crippen LogP contribution in [-0.2, 0) is 21.2 Å². The molecular formula is C18H27N3O3S. The monoisotopic (exact) mass is 365 g/mol. The first-order valence-corrected chi connectivity index (χ1v) is 10.8. The van der Waals surface area contributed by atoms with Gasteiger partial charge < -0.3 is 5.32 Å². The Morgan fingerprint density at radius 3 is 2.40 bits per heavy atom. The maximum atomic E-state index is 12.0. The van der Waals surface area contributed by atoms with Crippen molar-refractivity contribution in [1.29, 1.82) is 0 Å². The lowest BCUT2D eigenvalue weighted by Gasteiger charge is -2.34. The van der Waals surface area contributed by atoms with E-state index in [-0.39, 0.29) is 23.3 Å².